The number of nitriles is 1. The van der Waals surface area contributed by atoms with Gasteiger partial charge in [0, 0.05) is 10.7 Å². The molecule has 0 radical (unpaired) electrons. The van der Waals surface area contributed by atoms with Gasteiger partial charge in [-0.3, -0.25) is 15.6 Å². The number of hydrogen-bond donors (Lipinski definition) is 3. The number of thiocarbonyl (C=S) groups is 1. The number of carbonyl (C=O) groups is 1. The molecule has 0 bridgehead atoms. The van der Waals surface area contributed by atoms with Crippen molar-refractivity contribution in [2.75, 3.05) is 5.32 Å². The van der Waals surface area contributed by atoms with Gasteiger partial charge in [0.25, 0.3) is 5.91 Å². The summed E-state index contributed by atoms with van der Waals surface area (Å²) in [6.07, 6.45) is -0.230. The minimum atomic E-state index is -0.454. The lowest BCUT2D eigenvalue weighted by atomic mass is 10.2. The molecule has 0 aliphatic carbocycles. The Morgan fingerprint density at radius 2 is 2.22 bits per heavy atom. The van der Waals surface area contributed by atoms with Crippen molar-refractivity contribution in [2.24, 2.45) is 0 Å². The monoisotopic (exact) mass is 282 g/mol. The van der Waals surface area contributed by atoms with E-state index in [1.165, 1.54) is 0 Å². The van der Waals surface area contributed by atoms with Crippen molar-refractivity contribution in [3.63, 3.8) is 0 Å². The molecule has 0 aliphatic rings. The first-order chi connectivity index (χ1) is 8.52. The highest BCUT2D eigenvalue weighted by Crippen LogP contribution is 2.19. The smallest absolute Gasteiger partial charge is 0.252 e. The fraction of sp³-hybridized carbons (Fsp3) is 0.182. The van der Waals surface area contributed by atoms with Crippen LogP contribution in [0.5, 0.6) is 0 Å². The molecule has 0 atom stereocenters. The minimum Gasteiger partial charge on any atom is -0.331 e. The van der Waals surface area contributed by atoms with Crippen LogP contribution in [0.3, 0.4) is 0 Å². The first-order valence-corrected chi connectivity index (χ1v) is 5.80. The largest absolute Gasteiger partial charge is 0.331 e. The Balaban J connectivity index is 2.52. The normalized spacial score (nSPS) is 9.17. The second-order valence-electron chi connectivity index (χ2n) is 3.42. The second-order valence-corrected chi connectivity index (χ2v) is 4.27. The number of rotatable bonds is 2. The predicted molar refractivity (Wildman–Crippen MR) is 73.9 cm³/mol. The maximum absolute atomic E-state index is 11.0. The molecule has 0 aliphatic heterocycles. The highest BCUT2D eigenvalue weighted by molar-refractivity contribution is 7.80. The van der Waals surface area contributed by atoms with E-state index in [0.717, 1.165) is 11.3 Å². The van der Waals surface area contributed by atoms with Crippen molar-refractivity contribution in [2.45, 2.75) is 13.3 Å². The van der Waals surface area contributed by atoms with Crippen LogP contribution >= 0.6 is 23.8 Å². The van der Waals surface area contributed by atoms with E-state index < -0.39 is 5.91 Å². The van der Waals surface area contributed by atoms with Crippen molar-refractivity contribution in [3.05, 3.63) is 28.8 Å². The topological polar surface area (TPSA) is 76.9 Å². The quantitative estimate of drug-likeness (QED) is 0.570. The van der Waals surface area contributed by atoms with Crippen LogP contribution < -0.4 is 16.2 Å². The van der Waals surface area contributed by atoms with E-state index in [1.807, 2.05) is 13.0 Å². The average molecular weight is 283 g/mol. The third kappa shape index (κ3) is 4.57. The maximum atomic E-state index is 11.0. The molecule has 0 aromatic heterocycles. The highest BCUT2D eigenvalue weighted by atomic mass is 35.5. The number of hydrazine groups is 1. The number of carbonyl (C=O) groups excluding carboxylic acids is 1. The van der Waals surface area contributed by atoms with Gasteiger partial charge < -0.3 is 5.32 Å². The van der Waals surface area contributed by atoms with E-state index in [9.17, 15) is 4.79 Å². The Hall–Kier alpha value is -1.84. The van der Waals surface area contributed by atoms with Crippen LogP contribution in [0.4, 0.5) is 5.69 Å². The Labute approximate surface area is 115 Å². The number of benzene rings is 1. The first kappa shape index (κ1) is 14.2. The fourth-order valence-corrected chi connectivity index (χ4v) is 1.46. The summed E-state index contributed by atoms with van der Waals surface area (Å²) in [7, 11) is 0. The molecule has 1 amide bonds. The molecule has 1 rings (SSSR count). The Bertz CT molecular complexity index is 512. The zero-order chi connectivity index (χ0) is 13.5. The van der Waals surface area contributed by atoms with E-state index in [0.29, 0.717) is 5.02 Å². The number of anilines is 1. The minimum absolute atomic E-state index is 0.214. The highest BCUT2D eigenvalue weighted by Gasteiger charge is 2.03. The SMILES string of the molecule is Cc1ccc(Cl)cc1NC(=S)NNC(=O)CC#N. The molecular weight excluding hydrogens is 272 g/mol. The van der Waals surface area contributed by atoms with Gasteiger partial charge in [0.05, 0.1) is 6.07 Å². The van der Waals surface area contributed by atoms with Crippen LogP contribution in [0.15, 0.2) is 18.2 Å². The third-order valence-electron chi connectivity index (χ3n) is 2.00. The number of hydrogen-bond acceptors (Lipinski definition) is 3. The molecule has 0 fully saturated rings. The molecule has 94 valence electrons. The molecule has 1 aromatic carbocycles. The lowest BCUT2D eigenvalue weighted by Crippen LogP contribution is -2.43. The van der Waals surface area contributed by atoms with Gasteiger partial charge >= 0.3 is 0 Å². The van der Waals surface area contributed by atoms with Crippen LogP contribution in [0.1, 0.15) is 12.0 Å². The third-order valence-corrected chi connectivity index (χ3v) is 2.44. The molecular formula is C11H11ClN4OS. The second kappa shape index (κ2) is 6.79. The lowest BCUT2D eigenvalue weighted by molar-refractivity contribution is -0.120. The van der Waals surface area contributed by atoms with E-state index in [4.69, 9.17) is 29.1 Å². The summed E-state index contributed by atoms with van der Waals surface area (Å²) >= 11 is 10.8. The van der Waals surface area contributed by atoms with E-state index in [1.54, 1.807) is 18.2 Å². The number of aryl methyl sites for hydroxylation is 1. The predicted octanol–water partition coefficient (Wildman–Crippen LogP) is 1.88. The van der Waals surface area contributed by atoms with E-state index in [2.05, 4.69) is 16.2 Å². The summed E-state index contributed by atoms with van der Waals surface area (Å²) in [6.45, 7) is 1.90. The molecule has 1 aromatic rings. The number of nitrogens with one attached hydrogen (secondary N) is 3. The summed E-state index contributed by atoms with van der Waals surface area (Å²) < 4.78 is 0. The number of nitrogens with zero attached hydrogens (tertiary/aromatic N) is 1. The molecule has 5 nitrogen and oxygen atoms in total. The zero-order valence-corrected chi connectivity index (χ0v) is 11.2. The van der Waals surface area contributed by atoms with Gasteiger partial charge in [-0.15, -0.1) is 0 Å². The fourth-order valence-electron chi connectivity index (χ4n) is 1.12. The molecule has 0 spiro atoms. The van der Waals surface area contributed by atoms with Crippen LogP contribution in [-0.4, -0.2) is 11.0 Å². The van der Waals surface area contributed by atoms with Crippen LogP contribution in [-0.2, 0) is 4.79 Å². The molecule has 0 saturated carbocycles. The molecule has 0 heterocycles. The summed E-state index contributed by atoms with van der Waals surface area (Å²) in [5.41, 5.74) is 6.49. The molecule has 3 N–H and O–H groups in total. The van der Waals surface area contributed by atoms with Gasteiger partial charge in [0.2, 0.25) is 0 Å². The van der Waals surface area contributed by atoms with E-state index in [-0.39, 0.29) is 11.5 Å². The molecule has 18 heavy (non-hydrogen) atoms. The summed E-state index contributed by atoms with van der Waals surface area (Å²) in [6, 6.07) is 7.07. The summed E-state index contributed by atoms with van der Waals surface area (Å²) in [4.78, 5) is 11.0. The molecule has 0 saturated heterocycles. The Morgan fingerprint density at radius 3 is 2.89 bits per heavy atom. The van der Waals surface area contributed by atoms with Gasteiger partial charge in [0.1, 0.15) is 6.42 Å². The molecule has 7 heteroatoms. The maximum Gasteiger partial charge on any atom is 0.252 e. The standard InChI is InChI=1S/C11H11ClN4OS/c1-7-2-3-8(12)6-9(7)14-11(18)16-15-10(17)4-5-13/h2-3,6H,4H2,1H3,(H,15,17)(H2,14,16,18). The number of halogens is 1. The van der Waals surface area contributed by atoms with Crippen LogP contribution in [0, 0.1) is 18.3 Å². The molecule has 0 unspecified atom stereocenters. The van der Waals surface area contributed by atoms with Crippen molar-refractivity contribution in [3.8, 4) is 6.07 Å². The van der Waals surface area contributed by atoms with Gasteiger partial charge in [-0.25, -0.2) is 0 Å². The Kier molecular flexibility index (Phi) is 5.36. The first-order valence-electron chi connectivity index (χ1n) is 5.02. The van der Waals surface area contributed by atoms with Gasteiger partial charge in [-0.1, -0.05) is 17.7 Å². The van der Waals surface area contributed by atoms with E-state index >= 15 is 0 Å². The van der Waals surface area contributed by atoms with Gasteiger partial charge in [-0.2, -0.15) is 5.26 Å². The summed E-state index contributed by atoms with van der Waals surface area (Å²) in [5, 5.41) is 12.0. The number of amides is 1. The van der Waals surface area contributed by atoms with Crippen molar-refractivity contribution in [1.82, 2.24) is 10.9 Å². The summed E-state index contributed by atoms with van der Waals surface area (Å²) in [5.74, 6) is -0.454. The van der Waals surface area contributed by atoms with Gasteiger partial charge in [-0.05, 0) is 36.8 Å². The zero-order valence-electron chi connectivity index (χ0n) is 9.58. The van der Waals surface area contributed by atoms with Crippen molar-refractivity contribution >= 4 is 40.5 Å². The lowest BCUT2D eigenvalue weighted by Gasteiger charge is -2.12. The van der Waals surface area contributed by atoms with Gasteiger partial charge in [0.15, 0.2) is 5.11 Å². The van der Waals surface area contributed by atoms with Crippen LogP contribution in [0.25, 0.3) is 0 Å². The van der Waals surface area contributed by atoms with Crippen LogP contribution in [0.2, 0.25) is 5.02 Å². The van der Waals surface area contributed by atoms with Crippen molar-refractivity contribution < 1.29 is 4.79 Å². The average Bonchev–Trinajstić information content (AvgIpc) is 2.32. The Morgan fingerprint density at radius 1 is 1.50 bits per heavy atom. The van der Waals surface area contributed by atoms with Crippen molar-refractivity contribution in [1.29, 1.82) is 5.26 Å².